The van der Waals surface area contributed by atoms with Gasteiger partial charge >= 0.3 is 5.97 Å². The number of carbonyl (C=O) groups is 2. The first-order chi connectivity index (χ1) is 14.3. The summed E-state index contributed by atoms with van der Waals surface area (Å²) in [6, 6.07) is 19.1. The molecule has 0 saturated heterocycles. The highest BCUT2D eigenvalue weighted by Crippen LogP contribution is 2.23. The average molecular weight is 424 g/mol. The first kappa shape index (κ1) is 21.1. The predicted molar refractivity (Wildman–Crippen MR) is 114 cm³/mol. The zero-order valence-corrected chi connectivity index (χ0v) is 17.2. The maximum Gasteiger partial charge on any atom is 0.337 e. The number of amides is 1. The van der Waals surface area contributed by atoms with Crippen LogP contribution in [0.25, 0.3) is 0 Å². The molecule has 0 unspecified atom stereocenters. The largest absolute Gasteiger partial charge is 0.465 e. The van der Waals surface area contributed by atoms with Crippen LogP contribution in [0.3, 0.4) is 0 Å². The number of hydrogen-bond donors (Lipinski definition) is 2. The van der Waals surface area contributed by atoms with Gasteiger partial charge in [-0.2, -0.15) is 0 Å². The van der Waals surface area contributed by atoms with E-state index in [-0.39, 0.29) is 4.90 Å². The second kappa shape index (κ2) is 8.79. The van der Waals surface area contributed by atoms with E-state index in [1.54, 1.807) is 61.5 Å². The lowest BCUT2D eigenvalue weighted by Crippen LogP contribution is -2.17. The highest BCUT2D eigenvalue weighted by molar-refractivity contribution is 7.92. The Kier molecular flexibility index (Phi) is 6.17. The molecule has 8 heteroatoms. The molecule has 0 spiro atoms. The molecule has 154 valence electrons. The fourth-order valence-corrected chi connectivity index (χ4v) is 3.98. The van der Waals surface area contributed by atoms with Crippen molar-refractivity contribution in [2.24, 2.45) is 0 Å². The van der Waals surface area contributed by atoms with E-state index in [4.69, 9.17) is 0 Å². The quantitative estimate of drug-likeness (QED) is 0.586. The van der Waals surface area contributed by atoms with Gasteiger partial charge in [-0.25, -0.2) is 13.2 Å². The number of ether oxygens (including phenoxy) is 1. The van der Waals surface area contributed by atoms with Gasteiger partial charge in [-0.05, 0) is 55.0 Å². The maximum absolute atomic E-state index is 12.8. The average Bonchev–Trinajstić information content (AvgIpc) is 2.75. The van der Waals surface area contributed by atoms with Gasteiger partial charge in [0.1, 0.15) is 0 Å². The molecule has 3 aromatic carbocycles. The Morgan fingerprint density at radius 1 is 0.900 bits per heavy atom. The van der Waals surface area contributed by atoms with Crippen molar-refractivity contribution in [2.75, 3.05) is 17.1 Å². The summed E-state index contributed by atoms with van der Waals surface area (Å²) in [7, 11) is -2.51. The fourth-order valence-electron chi connectivity index (χ4n) is 2.84. The van der Waals surface area contributed by atoms with Gasteiger partial charge in [0.2, 0.25) is 0 Å². The van der Waals surface area contributed by atoms with Crippen LogP contribution >= 0.6 is 0 Å². The number of anilines is 2. The van der Waals surface area contributed by atoms with Crippen molar-refractivity contribution in [3.8, 4) is 0 Å². The zero-order chi connectivity index (χ0) is 21.7. The third-order valence-corrected chi connectivity index (χ3v) is 5.80. The van der Waals surface area contributed by atoms with Crippen LogP contribution < -0.4 is 10.0 Å². The number of benzene rings is 3. The van der Waals surface area contributed by atoms with Gasteiger partial charge in [0.05, 0.1) is 23.3 Å². The van der Waals surface area contributed by atoms with Crippen LogP contribution in [0.1, 0.15) is 26.3 Å². The van der Waals surface area contributed by atoms with Gasteiger partial charge in [0.25, 0.3) is 15.9 Å². The molecule has 0 atom stereocenters. The number of hydrogen-bond acceptors (Lipinski definition) is 5. The number of esters is 1. The van der Waals surface area contributed by atoms with E-state index in [1.165, 1.54) is 25.3 Å². The van der Waals surface area contributed by atoms with Crippen molar-refractivity contribution in [1.82, 2.24) is 0 Å². The second-order valence-electron chi connectivity index (χ2n) is 6.42. The number of nitrogens with one attached hydrogen (secondary N) is 2. The lowest BCUT2D eigenvalue weighted by Gasteiger charge is -2.14. The first-order valence-corrected chi connectivity index (χ1v) is 10.5. The van der Waals surface area contributed by atoms with Crippen LogP contribution in [-0.2, 0) is 14.8 Å². The zero-order valence-electron chi connectivity index (χ0n) is 16.4. The monoisotopic (exact) mass is 424 g/mol. The topological polar surface area (TPSA) is 102 Å². The standard InChI is InChI=1S/C22H20N2O5S/c1-15-19(21(25)23-17-9-6-8-16(14-17)22(26)29-2)12-7-13-20(15)24-30(27,28)18-10-4-3-5-11-18/h3-14,24H,1-2H3,(H,23,25). The second-order valence-corrected chi connectivity index (χ2v) is 8.11. The molecule has 30 heavy (non-hydrogen) atoms. The van der Waals surface area contributed by atoms with Crippen molar-refractivity contribution < 1.29 is 22.7 Å². The highest BCUT2D eigenvalue weighted by atomic mass is 32.2. The summed E-state index contributed by atoms with van der Waals surface area (Å²) in [5.41, 5.74) is 1.79. The molecule has 7 nitrogen and oxygen atoms in total. The molecule has 0 saturated carbocycles. The van der Waals surface area contributed by atoms with Gasteiger partial charge < -0.3 is 10.1 Å². The van der Waals surface area contributed by atoms with Crippen LogP contribution in [0, 0.1) is 6.92 Å². The summed E-state index contributed by atoms with van der Waals surface area (Å²) in [4.78, 5) is 24.6. The third-order valence-electron chi connectivity index (χ3n) is 4.42. The number of carbonyl (C=O) groups excluding carboxylic acids is 2. The van der Waals surface area contributed by atoms with Crippen molar-refractivity contribution >= 4 is 33.3 Å². The summed E-state index contributed by atoms with van der Waals surface area (Å²) in [5.74, 6) is -0.949. The number of rotatable bonds is 6. The third kappa shape index (κ3) is 4.66. The van der Waals surface area contributed by atoms with Crippen LogP contribution in [0.15, 0.2) is 77.7 Å². The number of sulfonamides is 1. The molecular weight excluding hydrogens is 404 g/mol. The van der Waals surface area contributed by atoms with E-state index >= 15 is 0 Å². The van der Waals surface area contributed by atoms with E-state index in [1.807, 2.05) is 0 Å². The highest BCUT2D eigenvalue weighted by Gasteiger charge is 2.18. The Bertz CT molecular complexity index is 1190. The molecule has 3 aromatic rings. The Morgan fingerprint density at radius 3 is 2.30 bits per heavy atom. The van der Waals surface area contributed by atoms with Crippen molar-refractivity contribution in [3.05, 3.63) is 89.5 Å². The molecule has 0 bridgehead atoms. The molecule has 1 amide bonds. The van der Waals surface area contributed by atoms with Crippen LogP contribution in [-0.4, -0.2) is 27.4 Å². The summed E-state index contributed by atoms with van der Waals surface area (Å²) in [6.07, 6.45) is 0. The van der Waals surface area contributed by atoms with Crippen LogP contribution in [0.5, 0.6) is 0 Å². The molecule has 3 rings (SSSR count). The van der Waals surface area contributed by atoms with Crippen molar-refractivity contribution in [3.63, 3.8) is 0 Å². The fraction of sp³-hybridized carbons (Fsp3) is 0.0909. The molecule has 0 fully saturated rings. The van der Waals surface area contributed by atoms with Gasteiger partial charge in [0.15, 0.2) is 0 Å². The smallest absolute Gasteiger partial charge is 0.337 e. The lowest BCUT2D eigenvalue weighted by atomic mass is 10.1. The minimum Gasteiger partial charge on any atom is -0.465 e. The molecule has 0 aliphatic rings. The van der Waals surface area contributed by atoms with Gasteiger partial charge in [-0.3, -0.25) is 9.52 Å². The Hall–Kier alpha value is -3.65. The van der Waals surface area contributed by atoms with E-state index in [0.29, 0.717) is 28.1 Å². The lowest BCUT2D eigenvalue weighted by molar-refractivity contribution is 0.0600. The molecular formula is C22H20N2O5S. The summed E-state index contributed by atoms with van der Waals surface area (Å²) in [5, 5.41) is 2.72. The summed E-state index contributed by atoms with van der Waals surface area (Å²) in [6.45, 7) is 1.66. The molecule has 0 aliphatic carbocycles. The number of methoxy groups -OCH3 is 1. The first-order valence-electron chi connectivity index (χ1n) is 8.99. The van der Waals surface area contributed by atoms with E-state index in [9.17, 15) is 18.0 Å². The molecule has 0 aromatic heterocycles. The van der Waals surface area contributed by atoms with E-state index in [0.717, 1.165) is 0 Å². The van der Waals surface area contributed by atoms with E-state index in [2.05, 4.69) is 14.8 Å². The maximum atomic E-state index is 12.8. The minimum absolute atomic E-state index is 0.124. The molecule has 2 N–H and O–H groups in total. The van der Waals surface area contributed by atoms with Crippen LogP contribution in [0.2, 0.25) is 0 Å². The SMILES string of the molecule is COC(=O)c1cccc(NC(=O)c2cccc(NS(=O)(=O)c3ccccc3)c2C)c1. The van der Waals surface area contributed by atoms with Gasteiger partial charge in [-0.1, -0.05) is 30.3 Å². The normalized spacial score (nSPS) is 10.9. The van der Waals surface area contributed by atoms with Gasteiger partial charge in [-0.15, -0.1) is 0 Å². The molecule has 0 aliphatic heterocycles. The molecule has 0 heterocycles. The Morgan fingerprint density at radius 2 is 1.60 bits per heavy atom. The summed E-state index contributed by atoms with van der Waals surface area (Å²) >= 11 is 0. The Labute approximate surface area is 174 Å². The summed E-state index contributed by atoms with van der Waals surface area (Å²) < 4.78 is 32.4. The minimum atomic E-state index is -3.79. The van der Waals surface area contributed by atoms with Gasteiger partial charge in [0, 0.05) is 11.3 Å². The van der Waals surface area contributed by atoms with Crippen molar-refractivity contribution in [2.45, 2.75) is 11.8 Å². The van der Waals surface area contributed by atoms with E-state index < -0.39 is 21.9 Å². The Balaban J connectivity index is 1.84. The predicted octanol–water partition coefficient (Wildman–Crippen LogP) is 3.83. The van der Waals surface area contributed by atoms with Crippen LogP contribution in [0.4, 0.5) is 11.4 Å². The molecule has 0 radical (unpaired) electrons. The van der Waals surface area contributed by atoms with Crippen molar-refractivity contribution in [1.29, 1.82) is 0 Å².